The fourth-order valence-electron chi connectivity index (χ4n) is 1.67. The van der Waals surface area contributed by atoms with Crippen molar-refractivity contribution in [1.82, 2.24) is 14.7 Å². The monoisotopic (exact) mass is 209 g/mol. The average molecular weight is 210 g/mol. The van der Waals surface area contributed by atoms with Crippen LogP contribution in [0.25, 0.3) is 5.52 Å². The lowest BCUT2D eigenvalue weighted by atomic mass is 10.3. The van der Waals surface area contributed by atoms with Crippen molar-refractivity contribution in [3.05, 3.63) is 34.9 Å². The van der Waals surface area contributed by atoms with Crippen LogP contribution in [0.1, 0.15) is 11.5 Å². The molecule has 74 valence electrons. The van der Waals surface area contributed by atoms with E-state index in [9.17, 15) is 0 Å². The summed E-state index contributed by atoms with van der Waals surface area (Å²) in [6.45, 7) is 2.77. The Labute approximate surface area is 87.7 Å². The standard InChI is InChI=1S/C10H12ClN3/c1-7-13-10(11)9-5-3-4-8(6-12-2)14(7)9/h3-5,12H,6H2,1-2H3. The molecule has 0 radical (unpaired) electrons. The molecule has 0 bridgehead atoms. The first-order valence-corrected chi connectivity index (χ1v) is 4.89. The molecule has 4 heteroatoms. The Bertz CT molecular complexity index is 462. The van der Waals surface area contributed by atoms with Gasteiger partial charge in [-0.3, -0.25) is 4.40 Å². The minimum Gasteiger partial charge on any atom is -0.314 e. The van der Waals surface area contributed by atoms with Gasteiger partial charge in [0.25, 0.3) is 0 Å². The van der Waals surface area contributed by atoms with Crippen LogP contribution in [0.5, 0.6) is 0 Å². The molecule has 1 N–H and O–H groups in total. The maximum Gasteiger partial charge on any atom is 0.155 e. The minimum atomic E-state index is 0.570. The summed E-state index contributed by atoms with van der Waals surface area (Å²) in [6, 6.07) is 6.03. The molecule has 0 spiro atoms. The molecular formula is C10H12ClN3. The van der Waals surface area contributed by atoms with E-state index in [4.69, 9.17) is 11.6 Å². The first-order chi connectivity index (χ1) is 6.74. The molecule has 2 aromatic rings. The van der Waals surface area contributed by atoms with E-state index in [1.807, 2.05) is 26.1 Å². The molecule has 0 aliphatic carbocycles. The van der Waals surface area contributed by atoms with E-state index in [1.54, 1.807) is 0 Å². The van der Waals surface area contributed by atoms with Crippen LogP contribution in [0.15, 0.2) is 18.2 Å². The van der Waals surface area contributed by atoms with Crippen molar-refractivity contribution in [3.8, 4) is 0 Å². The highest BCUT2D eigenvalue weighted by atomic mass is 35.5. The number of nitrogens with one attached hydrogen (secondary N) is 1. The van der Waals surface area contributed by atoms with Gasteiger partial charge in [0.15, 0.2) is 5.15 Å². The van der Waals surface area contributed by atoms with Gasteiger partial charge in [0.2, 0.25) is 0 Å². The molecular weight excluding hydrogens is 198 g/mol. The molecule has 14 heavy (non-hydrogen) atoms. The van der Waals surface area contributed by atoms with E-state index < -0.39 is 0 Å². The minimum absolute atomic E-state index is 0.570. The Morgan fingerprint density at radius 1 is 1.50 bits per heavy atom. The number of halogens is 1. The first-order valence-electron chi connectivity index (χ1n) is 4.51. The molecule has 0 saturated heterocycles. The molecule has 0 fully saturated rings. The zero-order chi connectivity index (χ0) is 10.1. The number of pyridine rings is 1. The van der Waals surface area contributed by atoms with Gasteiger partial charge < -0.3 is 5.32 Å². The molecule has 0 aliphatic heterocycles. The largest absolute Gasteiger partial charge is 0.314 e. The number of fused-ring (bicyclic) bond motifs is 1. The van der Waals surface area contributed by atoms with Gasteiger partial charge in [0.05, 0.1) is 5.52 Å². The van der Waals surface area contributed by atoms with Gasteiger partial charge in [-0.1, -0.05) is 17.7 Å². The fourth-order valence-corrected chi connectivity index (χ4v) is 1.94. The van der Waals surface area contributed by atoms with Crippen molar-refractivity contribution in [3.63, 3.8) is 0 Å². The summed E-state index contributed by atoms with van der Waals surface area (Å²) in [4.78, 5) is 4.23. The lowest BCUT2D eigenvalue weighted by Gasteiger charge is -2.05. The van der Waals surface area contributed by atoms with Gasteiger partial charge >= 0.3 is 0 Å². The summed E-state index contributed by atoms with van der Waals surface area (Å²) < 4.78 is 2.07. The van der Waals surface area contributed by atoms with E-state index in [0.717, 1.165) is 17.9 Å². The lowest BCUT2D eigenvalue weighted by Crippen LogP contribution is -2.09. The third kappa shape index (κ3) is 1.38. The second-order valence-corrected chi connectivity index (χ2v) is 3.58. The third-order valence-electron chi connectivity index (χ3n) is 2.22. The maximum atomic E-state index is 6.00. The molecule has 2 rings (SSSR count). The predicted molar refractivity (Wildman–Crippen MR) is 57.7 cm³/mol. The summed E-state index contributed by atoms with van der Waals surface area (Å²) in [5.74, 6) is 0.927. The van der Waals surface area contributed by atoms with Crippen molar-refractivity contribution in [2.75, 3.05) is 7.05 Å². The highest BCUT2D eigenvalue weighted by Gasteiger charge is 2.07. The Hall–Kier alpha value is -1.06. The molecule has 3 nitrogen and oxygen atoms in total. The summed E-state index contributed by atoms with van der Waals surface area (Å²) in [5, 5.41) is 3.69. The number of nitrogens with zero attached hydrogens (tertiary/aromatic N) is 2. The highest BCUT2D eigenvalue weighted by molar-refractivity contribution is 6.32. The molecule has 2 aromatic heterocycles. The number of hydrogen-bond donors (Lipinski definition) is 1. The second kappa shape index (κ2) is 3.59. The van der Waals surface area contributed by atoms with Gasteiger partial charge in [-0.2, -0.15) is 0 Å². The highest BCUT2D eigenvalue weighted by Crippen LogP contribution is 2.19. The zero-order valence-electron chi connectivity index (χ0n) is 8.21. The summed E-state index contributed by atoms with van der Waals surface area (Å²) in [5.41, 5.74) is 2.14. The maximum absolute atomic E-state index is 6.00. The van der Waals surface area contributed by atoms with Gasteiger partial charge in [-0.05, 0) is 26.1 Å². The molecule has 0 saturated carbocycles. The number of rotatable bonds is 2. The van der Waals surface area contributed by atoms with E-state index in [2.05, 4.69) is 20.8 Å². The van der Waals surface area contributed by atoms with Gasteiger partial charge in [0, 0.05) is 12.2 Å². The number of hydrogen-bond acceptors (Lipinski definition) is 2. The van der Waals surface area contributed by atoms with Gasteiger partial charge in [-0.25, -0.2) is 4.98 Å². The van der Waals surface area contributed by atoms with Crippen molar-refractivity contribution >= 4 is 17.1 Å². The number of imidazole rings is 1. The topological polar surface area (TPSA) is 29.3 Å². The predicted octanol–water partition coefficient (Wildman–Crippen LogP) is 2.02. The summed E-state index contributed by atoms with van der Waals surface area (Å²) in [6.07, 6.45) is 0. The SMILES string of the molecule is CNCc1cccc2c(Cl)nc(C)n12. The van der Waals surface area contributed by atoms with E-state index in [-0.39, 0.29) is 0 Å². The third-order valence-corrected chi connectivity index (χ3v) is 2.50. The number of aryl methyl sites for hydroxylation is 1. The second-order valence-electron chi connectivity index (χ2n) is 3.22. The van der Waals surface area contributed by atoms with Crippen LogP contribution in [0.4, 0.5) is 0 Å². The molecule has 0 aliphatic rings. The van der Waals surface area contributed by atoms with Crippen LogP contribution < -0.4 is 5.32 Å². The molecule has 0 unspecified atom stereocenters. The van der Waals surface area contributed by atoms with Crippen LogP contribution in [-0.4, -0.2) is 16.4 Å². The van der Waals surface area contributed by atoms with Crippen molar-refractivity contribution in [1.29, 1.82) is 0 Å². The Morgan fingerprint density at radius 2 is 2.29 bits per heavy atom. The van der Waals surface area contributed by atoms with Crippen molar-refractivity contribution in [2.24, 2.45) is 0 Å². The molecule has 0 aromatic carbocycles. The quantitative estimate of drug-likeness (QED) is 0.820. The smallest absolute Gasteiger partial charge is 0.155 e. The van der Waals surface area contributed by atoms with E-state index in [1.165, 1.54) is 5.69 Å². The summed E-state index contributed by atoms with van der Waals surface area (Å²) in [7, 11) is 1.92. The summed E-state index contributed by atoms with van der Waals surface area (Å²) >= 11 is 6.00. The van der Waals surface area contributed by atoms with Crippen LogP contribution >= 0.6 is 11.6 Å². The van der Waals surface area contributed by atoms with Gasteiger partial charge in [0.1, 0.15) is 5.82 Å². The van der Waals surface area contributed by atoms with E-state index in [0.29, 0.717) is 5.15 Å². The number of aromatic nitrogens is 2. The Balaban J connectivity index is 2.72. The first kappa shape index (κ1) is 9.49. The normalized spacial score (nSPS) is 11.1. The Kier molecular flexibility index (Phi) is 2.44. The van der Waals surface area contributed by atoms with Crippen LogP contribution in [-0.2, 0) is 6.54 Å². The molecule has 0 amide bonds. The molecule has 0 atom stereocenters. The zero-order valence-corrected chi connectivity index (χ0v) is 8.97. The lowest BCUT2D eigenvalue weighted by molar-refractivity contribution is 0.769. The van der Waals surface area contributed by atoms with Crippen LogP contribution in [0, 0.1) is 6.92 Å². The Morgan fingerprint density at radius 3 is 3.00 bits per heavy atom. The fraction of sp³-hybridized carbons (Fsp3) is 0.300. The average Bonchev–Trinajstić information content (AvgIpc) is 2.44. The van der Waals surface area contributed by atoms with Crippen molar-refractivity contribution < 1.29 is 0 Å². The molecule has 2 heterocycles. The van der Waals surface area contributed by atoms with E-state index >= 15 is 0 Å². The van der Waals surface area contributed by atoms with Crippen LogP contribution in [0.3, 0.4) is 0 Å². The van der Waals surface area contributed by atoms with Gasteiger partial charge in [-0.15, -0.1) is 0 Å². The van der Waals surface area contributed by atoms with Crippen LogP contribution in [0.2, 0.25) is 5.15 Å². The van der Waals surface area contributed by atoms with Crippen molar-refractivity contribution in [2.45, 2.75) is 13.5 Å².